The van der Waals surface area contributed by atoms with Crippen LogP contribution in [0.15, 0.2) is 22.7 Å². The van der Waals surface area contributed by atoms with Crippen LogP contribution in [-0.2, 0) is 0 Å². The van der Waals surface area contributed by atoms with E-state index in [1.54, 1.807) is 18.0 Å². The Morgan fingerprint density at radius 3 is 2.67 bits per heavy atom. The van der Waals surface area contributed by atoms with Crippen molar-refractivity contribution in [1.29, 1.82) is 0 Å². The minimum atomic E-state index is -0.414. The molecule has 18 heavy (non-hydrogen) atoms. The van der Waals surface area contributed by atoms with Crippen LogP contribution in [0.4, 0.5) is 4.39 Å². The first kappa shape index (κ1) is 15.4. The first-order valence-corrected chi connectivity index (χ1v) is 7.15. The molecule has 0 N–H and O–H groups in total. The lowest BCUT2D eigenvalue weighted by atomic mass is 10.2. The van der Waals surface area contributed by atoms with Gasteiger partial charge in [-0.15, -0.1) is 11.6 Å². The Bertz CT molecular complexity index is 394. The third kappa shape index (κ3) is 4.94. The number of nitrogens with zero attached hydrogens (tertiary/aromatic N) is 1. The number of rotatable bonds is 6. The van der Waals surface area contributed by atoms with Gasteiger partial charge < -0.3 is 4.90 Å². The summed E-state index contributed by atoms with van der Waals surface area (Å²) in [7, 11) is 1.72. The second kappa shape index (κ2) is 7.74. The van der Waals surface area contributed by atoms with Crippen LogP contribution in [-0.4, -0.2) is 30.3 Å². The lowest BCUT2D eigenvalue weighted by Crippen LogP contribution is -2.27. The molecule has 0 heterocycles. The first-order chi connectivity index (χ1) is 8.54. The molecule has 0 spiro atoms. The molecule has 0 bridgehead atoms. The van der Waals surface area contributed by atoms with Crippen molar-refractivity contribution in [3.8, 4) is 0 Å². The highest BCUT2D eigenvalue weighted by Gasteiger charge is 2.12. The van der Waals surface area contributed by atoms with Crippen molar-refractivity contribution in [3.05, 3.63) is 34.1 Å². The van der Waals surface area contributed by atoms with Gasteiger partial charge >= 0.3 is 0 Å². The van der Waals surface area contributed by atoms with Crippen LogP contribution < -0.4 is 0 Å². The zero-order valence-corrected chi connectivity index (χ0v) is 12.6. The largest absolute Gasteiger partial charge is 0.342 e. The van der Waals surface area contributed by atoms with Crippen LogP contribution in [0.1, 0.15) is 29.6 Å². The van der Waals surface area contributed by atoms with Gasteiger partial charge in [0.15, 0.2) is 0 Å². The number of hydrogen-bond acceptors (Lipinski definition) is 1. The monoisotopic (exact) mass is 335 g/mol. The maximum absolute atomic E-state index is 13.2. The molecule has 2 nitrogen and oxygen atoms in total. The van der Waals surface area contributed by atoms with Crippen LogP contribution in [0.5, 0.6) is 0 Å². The highest BCUT2D eigenvalue weighted by molar-refractivity contribution is 9.10. The molecule has 0 aliphatic heterocycles. The Morgan fingerprint density at radius 2 is 2.06 bits per heavy atom. The molecule has 0 aromatic heterocycles. The predicted octanol–water partition coefficient (Wildman–Crippen LogP) is 4.07. The molecule has 0 radical (unpaired) electrons. The highest BCUT2D eigenvalue weighted by Crippen LogP contribution is 2.16. The van der Waals surface area contributed by atoms with Crippen molar-refractivity contribution in [2.75, 3.05) is 19.5 Å². The van der Waals surface area contributed by atoms with Crippen molar-refractivity contribution in [2.24, 2.45) is 0 Å². The van der Waals surface area contributed by atoms with Gasteiger partial charge in [-0.3, -0.25) is 4.79 Å². The second-order valence-corrected chi connectivity index (χ2v) is 5.43. The van der Waals surface area contributed by atoms with E-state index >= 15 is 0 Å². The molecule has 0 fully saturated rings. The molecule has 1 amide bonds. The standard InChI is InChI=1S/C13H16BrClFNO/c1-17(6-4-2-3-5-15)13(18)10-7-11(14)9-12(16)8-10/h7-9H,2-6H2,1H3. The summed E-state index contributed by atoms with van der Waals surface area (Å²) >= 11 is 8.76. The molecule has 1 rings (SSSR count). The predicted molar refractivity (Wildman–Crippen MR) is 75.6 cm³/mol. The third-order valence-corrected chi connectivity index (χ3v) is 3.31. The number of unbranched alkanes of at least 4 members (excludes halogenated alkanes) is 2. The minimum absolute atomic E-state index is 0.166. The number of halogens is 3. The van der Waals surface area contributed by atoms with Crippen molar-refractivity contribution in [3.63, 3.8) is 0 Å². The van der Waals surface area contributed by atoms with Crippen LogP contribution in [0.2, 0.25) is 0 Å². The van der Waals surface area contributed by atoms with Gasteiger partial charge in [0.2, 0.25) is 0 Å². The van der Waals surface area contributed by atoms with Gasteiger partial charge in [0.25, 0.3) is 5.91 Å². The number of hydrogen-bond donors (Lipinski definition) is 0. The normalized spacial score (nSPS) is 10.4. The summed E-state index contributed by atoms with van der Waals surface area (Å²) in [5.74, 6) is 0.0680. The average Bonchev–Trinajstić information content (AvgIpc) is 2.32. The average molecular weight is 337 g/mol. The molecule has 1 aromatic carbocycles. The summed E-state index contributed by atoms with van der Waals surface area (Å²) in [5.41, 5.74) is 0.363. The Morgan fingerprint density at radius 1 is 1.33 bits per heavy atom. The molecule has 5 heteroatoms. The zero-order chi connectivity index (χ0) is 13.5. The van der Waals surface area contributed by atoms with Crippen molar-refractivity contribution >= 4 is 33.4 Å². The molecule has 0 saturated carbocycles. The number of carbonyl (C=O) groups is 1. The Balaban J connectivity index is 2.57. The Hall–Kier alpha value is -0.610. The van der Waals surface area contributed by atoms with E-state index in [2.05, 4.69) is 15.9 Å². The second-order valence-electron chi connectivity index (χ2n) is 4.13. The van der Waals surface area contributed by atoms with E-state index in [-0.39, 0.29) is 5.91 Å². The van der Waals surface area contributed by atoms with Gasteiger partial charge in [-0.25, -0.2) is 4.39 Å². The quantitative estimate of drug-likeness (QED) is 0.566. The highest BCUT2D eigenvalue weighted by atomic mass is 79.9. The summed E-state index contributed by atoms with van der Waals surface area (Å²) in [6.07, 6.45) is 2.86. The minimum Gasteiger partial charge on any atom is -0.342 e. The van der Waals surface area contributed by atoms with Crippen molar-refractivity contribution < 1.29 is 9.18 Å². The van der Waals surface area contributed by atoms with E-state index in [4.69, 9.17) is 11.6 Å². The third-order valence-electron chi connectivity index (χ3n) is 2.58. The molecular formula is C13H16BrClFNO. The summed E-state index contributed by atoms with van der Waals surface area (Å²) in [6.45, 7) is 0.657. The van der Waals surface area contributed by atoms with E-state index in [9.17, 15) is 9.18 Å². The lowest BCUT2D eigenvalue weighted by molar-refractivity contribution is 0.0792. The number of amides is 1. The van der Waals surface area contributed by atoms with Gasteiger partial charge in [0, 0.05) is 29.5 Å². The molecule has 0 atom stereocenters. The summed E-state index contributed by atoms with van der Waals surface area (Å²) in [6, 6.07) is 4.21. The molecule has 100 valence electrons. The fourth-order valence-corrected chi connectivity index (χ4v) is 2.27. The van der Waals surface area contributed by atoms with E-state index in [1.807, 2.05) is 0 Å². The van der Waals surface area contributed by atoms with Crippen LogP contribution >= 0.6 is 27.5 Å². The number of benzene rings is 1. The summed E-state index contributed by atoms with van der Waals surface area (Å²) < 4.78 is 13.8. The van der Waals surface area contributed by atoms with E-state index < -0.39 is 5.82 Å². The fraction of sp³-hybridized carbons (Fsp3) is 0.462. The van der Waals surface area contributed by atoms with Crippen LogP contribution in [0.25, 0.3) is 0 Å². The molecule has 0 saturated heterocycles. The number of carbonyl (C=O) groups excluding carboxylic acids is 1. The van der Waals surface area contributed by atoms with Gasteiger partial charge in [0.05, 0.1) is 0 Å². The first-order valence-electron chi connectivity index (χ1n) is 5.82. The maximum atomic E-state index is 13.2. The summed E-state index contributed by atoms with van der Waals surface area (Å²) in [4.78, 5) is 13.6. The van der Waals surface area contributed by atoms with Gasteiger partial charge in [0.1, 0.15) is 5.82 Å². The summed E-state index contributed by atoms with van der Waals surface area (Å²) in [5, 5.41) is 0. The zero-order valence-electron chi connectivity index (χ0n) is 10.3. The SMILES string of the molecule is CN(CCCCCCl)C(=O)c1cc(F)cc(Br)c1. The van der Waals surface area contributed by atoms with E-state index in [1.165, 1.54) is 12.1 Å². The molecule has 0 unspecified atom stereocenters. The van der Waals surface area contributed by atoms with Crippen molar-refractivity contribution in [2.45, 2.75) is 19.3 Å². The van der Waals surface area contributed by atoms with Gasteiger partial charge in [-0.1, -0.05) is 22.4 Å². The lowest BCUT2D eigenvalue weighted by Gasteiger charge is -2.17. The van der Waals surface area contributed by atoms with Crippen molar-refractivity contribution in [1.82, 2.24) is 4.90 Å². The molecule has 0 aliphatic rings. The van der Waals surface area contributed by atoms with Gasteiger partial charge in [-0.05, 0) is 31.0 Å². The topological polar surface area (TPSA) is 20.3 Å². The molecule has 0 aliphatic carbocycles. The smallest absolute Gasteiger partial charge is 0.253 e. The van der Waals surface area contributed by atoms with Gasteiger partial charge in [-0.2, -0.15) is 0 Å². The van der Waals surface area contributed by atoms with E-state index in [0.717, 1.165) is 19.3 Å². The van der Waals surface area contributed by atoms with E-state index in [0.29, 0.717) is 22.5 Å². The Kier molecular flexibility index (Phi) is 6.65. The maximum Gasteiger partial charge on any atom is 0.253 e. The molecule has 1 aromatic rings. The Labute approximate surface area is 120 Å². The number of alkyl halides is 1. The van der Waals surface area contributed by atoms with Crippen LogP contribution in [0.3, 0.4) is 0 Å². The fourth-order valence-electron chi connectivity index (χ4n) is 1.62. The van der Waals surface area contributed by atoms with Crippen LogP contribution in [0, 0.1) is 5.82 Å². The molecular weight excluding hydrogens is 321 g/mol.